The van der Waals surface area contributed by atoms with E-state index in [-0.39, 0.29) is 23.7 Å². The Labute approximate surface area is 122 Å². The summed E-state index contributed by atoms with van der Waals surface area (Å²) in [6, 6.07) is 0. The molecule has 0 radical (unpaired) electrons. The molecule has 0 aromatic carbocycles. The number of carboxylic acid groups (broad SMARTS) is 1. The van der Waals surface area contributed by atoms with Gasteiger partial charge in [0.15, 0.2) is 0 Å². The quantitative estimate of drug-likeness (QED) is 0.536. The number of rotatable bonds is 10. The smallest absolute Gasteiger partial charge is 0.303 e. The molecular formula is C15H30N2O3. The van der Waals surface area contributed by atoms with E-state index >= 15 is 0 Å². The van der Waals surface area contributed by atoms with Crippen LogP contribution in [0.1, 0.15) is 59.3 Å². The van der Waals surface area contributed by atoms with Crippen molar-refractivity contribution in [1.29, 1.82) is 0 Å². The number of carboxylic acids is 1. The molecule has 5 nitrogen and oxygen atoms in total. The first-order chi connectivity index (χ1) is 9.26. The van der Waals surface area contributed by atoms with Crippen LogP contribution in [0.3, 0.4) is 0 Å². The van der Waals surface area contributed by atoms with E-state index in [1.807, 2.05) is 0 Å². The summed E-state index contributed by atoms with van der Waals surface area (Å²) in [7, 11) is 0. The molecule has 0 spiro atoms. The van der Waals surface area contributed by atoms with Gasteiger partial charge >= 0.3 is 5.97 Å². The van der Waals surface area contributed by atoms with Gasteiger partial charge in [0.25, 0.3) is 0 Å². The third-order valence-corrected chi connectivity index (χ3v) is 3.13. The molecule has 118 valence electrons. The van der Waals surface area contributed by atoms with Crippen molar-refractivity contribution >= 4 is 11.9 Å². The second kappa shape index (κ2) is 9.75. The van der Waals surface area contributed by atoms with Crippen LogP contribution in [0.2, 0.25) is 0 Å². The normalized spacial score (nSPS) is 13.0. The van der Waals surface area contributed by atoms with E-state index in [4.69, 9.17) is 10.8 Å². The lowest BCUT2D eigenvalue weighted by molar-refractivity contribution is -0.137. The lowest BCUT2D eigenvalue weighted by Gasteiger charge is -2.24. The fourth-order valence-electron chi connectivity index (χ4n) is 2.13. The summed E-state index contributed by atoms with van der Waals surface area (Å²) in [4.78, 5) is 22.3. The van der Waals surface area contributed by atoms with Crippen molar-refractivity contribution in [2.24, 2.45) is 17.1 Å². The van der Waals surface area contributed by atoms with Crippen LogP contribution in [-0.4, -0.2) is 30.1 Å². The Bertz CT molecular complexity index is 298. The number of carbonyl (C=O) groups is 2. The van der Waals surface area contributed by atoms with Gasteiger partial charge in [0, 0.05) is 19.5 Å². The summed E-state index contributed by atoms with van der Waals surface area (Å²) in [5, 5.41) is 11.4. The molecular weight excluding hydrogens is 256 g/mol. The number of aliphatic carboxylic acids is 1. The first kappa shape index (κ1) is 18.9. The molecule has 0 saturated carbocycles. The van der Waals surface area contributed by atoms with E-state index in [9.17, 15) is 9.59 Å². The second-order valence-electron chi connectivity index (χ2n) is 6.55. The predicted molar refractivity (Wildman–Crippen MR) is 80.3 cm³/mol. The van der Waals surface area contributed by atoms with E-state index < -0.39 is 5.97 Å². The molecule has 0 rings (SSSR count). The Morgan fingerprint density at radius 1 is 1.15 bits per heavy atom. The Kier molecular flexibility index (Phi) is 9.21. The summed E-state index contributed by atoms with van der Waals surface area (Å²) < 4.78 is 0. The molecule has 0 aliphatic carbocycles. The zero-order valence-corrected chi connectivity index (χ0v) is 13.1. The summed E-state index contributed by atoms with van der Waals surface area (Å²) in [6.07, 6.45) is 4.45. The Balaban J connectivity index is 3.73. The Morgan fingerprint density at radius 3 is 2.25 bits per heavy atom. The van der Waals surface area contributed by atoms with Gasteiger partial charge in [-0.2, -0.15) is 0 Å². The van der Waals surface area contributed by atoms with E-state index in [0.29, 0.717) is 19.5 Å². The molecule has 0 aliphatic rings. The van der Waals surface area contributed by atoms with Crippen molar-refractivity contribution in [3.8, 4) is 0 Å². The average molecular weight is 286 g/mol. The lowest BCUT2D eigenvalue weighted by atomic mass is 9.84. The molecule has 5 heteroatoms. The maximum Gasteiger partial charge on any atom is 0.303 e. The van der Waals surface area contributed by atoms with Crippen LogP contribution in [0, 0.1) is 11.3 Å². The number of nitrogens with one attached hydrogen (secondary N) is 1. The summed E-state index contributed by atoms with van der Waals surface area (Å²) in [5.41, 5.74) is 5.76. The highest BCUT2D eigenvalue weighted by Crippen LogP contribution is 2.23. The Morgan fingerprint density at radius 2 is 1.75 bits per heavy atom. The van der Waals surface area contributed by atoms with Crippen molar-refractivity contribution in [2.45, 2.75) is 59.3 Å². The summed E-state index contributed by atoms with van der Waals surface area (Å²) in [5.74, 6) is -0.832. The van der Waals surface area contributed by atoms with Crippen molar-refractivity contribution in [3.05, 3.63) is 0 Å². The fourth-order valence-corrected chi connectivity index (χ4v) is 2.13. The zero-order valence-electron chi connectivity index (χ0n) is 13.1. The van der Waals surface area contributed by atoms with Crippen molar-refractivity contribution < 1.29 is 14.7 Å². The number of nitrogens with two attached hydrogens (primary N) is 1. The van der Waals surface area contributed by atoms with Gasteiger partial charge in [0.1, 0.15) is 0 Å². The van der Waals surface area contributed by atoms with Crippen LogP contribution in [0.25, 0.3) is 0 Å². The minimum Gasteiger partial charge on any atom is -0.481 e. The van der Waals surface area contributed by atoms with E-state index in [2.05, 4.69) is 26.1 Å². The van der Waals surface area contributed by atoms with Crippen LogP contribution in [0.5, 0.6) is 0 Å². The third-order valence-electron chi connectivity index (χ3n) is 3.13. The van der Waals surface area contributed by atoms with Gasteiger partial charge in [-0.25, -0.2) is 0 Å². The predicted octanol–water partition coefficient (Wildman–Crippen LogP) is 2.15. The SMILES string of the molecule is CC(C)(C)CC(CN)C(=O)NCCCCCCC(=O)O. The van der Waals surface area contributed by atoms with Gasteiger partial charge in [-0.3, -0.25) is 9.59 Å². The molecule has 0 heterocycles. The zero-order chi connectivity index (χ0) is 15.6. The van der Waals surface area contributed by atoms with Crippen LogP contribution in [-0.2, 0) is 9.59 Å². The van der Waals surface area contributed by atoms with Crippen LogP contribution in [0.15, 0.2) is 0 Å². The van der Waals surface area contributed by atoms with E-state index in [0.717, 1.165) is 25.7 Å². The van der Waals surface area contributed by atoms with Crippen molar-refractivity contribution in [3.63, 3.8) is 0 Å². The Hall–Kier alpha value is -1.10. The van der Waals surface area contributed by atoms with Crippen LogP contribution in [0.4, 0.5) is 0 Å². The van der Waals surface area contributed by atoms with Gasteiger partial charge < -0.3 is 16.2 Å². The molecule has 0 fully saturated rings. The van der Waals surface area contributed by atoms with Gasteiger partial charge in [-0.15, -0.1) is 0 Å². The highest BCUT2D eigenvalue weighted by atomic mass is 16.4. The largest absolute Gasteiger partial charge is 0.481 e. The molecule has 1 atom stereocenters. The standard InChI is InChI=1S/C15H30N2O3/c1-15(2,3)10-12(11-16)14(20)17-9-7-5-4-6-8-13(18)19/h12H,4-11,16H2,1-3H3,(H,17,20)(H,18,19). The lowest BCUT2D eigenvalue weighted by Crippen LogP contribution is -2.37. The molecule has 0 aromatic heterocycles. The minimum atomic E-state index is -0.744. The average Bonchev–Trinajstić information content (AvgIpc) is 2.33. The third kappa shape index (κ3) is 10.8. The van der Waals surface area contributed by atoms with Gasteiger partial charge in [0.2, 0.25) is 5.91 Å². The fraction of sp³-hybridized carbons (Fsp3) is 0.867. The molecule has 1 unspecified atom stereocenters. The molecule has 20 heavy (non-hydrogen) atoms. The highest BCUT2D eigenvalue weighted by Gasteiger charge is 2.23. The van der Waals surface area contributed by atoms with Gasteiger partial charge in [0.05, 0.1) is 5.92 Å². The minimum absolute atomic E-state index is 0.0351. The summed E-state index contributed by atoms with van der Waals surface area (Å²) >= 11 is 0. The molecule has 0 bridgehead atoms. The number of amides is 1. The van der Waals surface area contributed by atoms with Crippen LogP contribution < -0.4 is 11.1 Å². The van der Waals surface area contributed by atoms with E-state index in [1.54, 1.807) is 0 Å². The van der Waals surface area contributed by atoms with Gasteiger partial charge in [-0.1, -0.05) is 33.6 Å². The van der Waals surface area contributed by atoms with Gasteiger partial charge in [-0.05, 0) is 24.7 Å². The number of hydrogen-bond acceptors (Lipinski definition) is 3. The topological polar surface area (TPSA) is 92.4 Å². The van der Waals surface area contributed by atoms with Crippen molar-refractivity contribution in [1.82, 2.24) is 5.32 Å². The van der Waals surface area contributed by atoms with Crippen molar-refractivity contribution in [2.75, 3.05) is 13.1 Å². The maximum absolute atomic E-state index is 12.0. The first-order valence-corrected chi connectivity index (χ1v) is 7.46. The molecule has 0 saturated heterocycles. The molecule has 0 aromatic rings. The maximum atomic E-state index is 12.0. The molecule has 0 aliphatic heterocycles. The first-order valence-electron chi connectivity index (χ1n) is 7.46. The molecule has 4 N–H and O–H groups in total. The second-order valence-corrected chi connectivity index (χ2v) is 6.55. The number of carbonyl (C=O) groups excluding carboxylic acids is 1. The van der Waals surface area contributed by atoms with Crippen LogP contribution >= 0.6 is 0 Å². The summed E-state index contributed by atoms with van der Waals surface area (Å²) in [6.45, 7) is 7.33. The number of hydrogen-bond donors (Lipinski definition) is 3. The highest BCUT2D eigenvalue weighted by molar-refractivity contribution is 5.78. The monoisotopic (exact) mass is 286 g/mol. The molecule has 1 amide bonds. The number of unbranched alkanes of at least 4 members (excludes halogenated alkanes) is 3. The van der Waals surface area contributed by atoms with E-state index in [1.165, 1.54) is 0 Å².